The molecule has 0 unspecified atom stereocenters. The Hall–Kier alpha value is -3.94. The number of hydrogen-bond acceptors (Lipinski definition) is 4. The molecule has 2 aromatic carbocycles. The van der Waals surface area contributed by atoms with E-state index in [1.54, 1.807) is 24.3 Å². The van der Waals surface area contributed by atoms with Crippen molar-refractivity contribution in [2.24, 2.45) is 0 Å². The van der Waals surface area contributed by atoms with E-state index in [0.29, 0.717) is 16.6 Å². The first-order chi connectivity index (χ1) is 13.6. The average Bonchev–Trinajstić information content (AvgIpc) is 3.10. The highest BCUT2D eigenvalue weighted by atomic mass is 19.1. The Balaban J connectivity index is 1.64. The lowest BCUT2D eigenvalue weighted by Crippen LogP contribution is -2.13. The van der Waals surface area contributed by atoms with Crippen LogP contribution in [0.3, 0.4) is 0 Å². The van der Waals surface area contributed by atoms with Crippen molar-refractivity contribution in [3.8, 4) is 0 Å². The summed E-state index contributed by atoms with van der Waals surface area (Å²) < 4.78 is 27.3. The molecule has 1 amide bonds. The van der Waals surface area contributed by atoms with E-state index in [2.05, 4.69) is 25.5 Å². The Bertz CT molecular complexity index is 1170. The standard InChI is InChI=1S/C20H13F2N5O/c21-14-4-1-12(2-5-14)3-6-17-15-7-19(16(22)8-18(15)27-26-17)25-20(28)13-9-23-11-24-10-13/h1-11H,(H,25,28)(H,26,27)/b6-3+. The first kappa shape index (κ1) is 17.5. The Morgan fingerprint density at radius 1 is 1.04 bits per heavy atom. The van der Waals surface area contributed by atoms with Gasteiger partial charge in [0.1, 0.15) is 18.0 Å². The zero-order chi connectivity index (χ0) is 19.5. The van der Waals surface area contributed by atoms with Crippen LogP contribution in [0.1, 0.15) is 21.6 Å². The fourth-order valence-electron chi connectivity index (χ4n) is 2.64. The molecule has 2 heterocycles. The minimum absolute atomic E-state index is 0.0131. The molecule has 0 spiro atoms. The Morgan fingerprint density at radius 2 is 1.79 bits per heavy atom. The molecule has 0 aliphatic carbocycles. The van der Waals surface area contributed by atoms with E-state index in [-0.39, 0.29) is 17.1 Å². The number of carbonyl (C=O) groups is 1. The Kier molecular flexibility index (Phi) is 4.59. The highest BCUT2D eigenvalue weighted by molar-refractivity contribution is 6.05. The molecule has 2 N–H and O–H groups in total. The first-order valence-corrected chi connectivity index (χ1v) is 8.28. The Morgan fingerprint density at radius 3 is 2.54 bits per heavy atom. The third kappa shape index (κ3) is 3.61. The van der Waals surface area contributed by atoms with E-state index in [9.17, 15) is 13.6 Å². The van der Waals surface area contributed by atoms with Crippen LogP contribution in [0.2, 0.25) is 0 Å². The van der Waals surface area contributed by atoms with Crippen LogP contribution in [0, 0.1) is 11.6 Å². The first-order valence-electron chi connectivity index (χ1n) is 8.28. The molecule has 4 rings (SSSR count). The predicted molar refractivity (Wildman–Crippen MR) is 101 cm³/mol. The number of aromatic amines is 1. The van der Waals surface area contributed by atoms with Crippen LogP contribution in [-0.2, 0) is 0 Å². The van der Waals surface area contributed by atoms with E-state index in [1.807, 2.05) is 0 Å². The third-order valence-corrected chi connectivity index (χ3v) is 4.05. The lowest BCUT2D eigenvalue weighted by atomic mass is 10.1. The molecule has 4 aromatic rings. The number of amides is 1. The number of rotatable bonds is 4. The number of nitrogens with zero attached hydrogens (tertiary/aromatic N) is 3. The van der Waals surface area contributed by atoms with Crippen molar-refractivity contribution in [3.63, 3.8) is 0 Å². The molecule has 0 fully saturated rings. The second kappa shape index (κ2) is 7.36. The molecular weight excluding hydrogens is 364 g/mol. The monoisotopic (exact) mass is 377 g/mol. The summed E-state index contributed by atoms with van der Waals surface area (Å²) in [4.78, 5) is 19.8. The molecule has 0 bridgehead atoms. The summed E-state index contributed by atoms with van der Waals surface area (Å²) in [6.45, 7) is 0. The van der Waals surface area contributed by atoms with Crippen molar-refractivity contribution < 1.29 is 13.6 Å². The summed E-state index contributed by atoms with van der Waals surface area (Å²) in [6.07, 6.45) is 7.47. The normalized spacial score (nSPS) is 11.2. The number of anilines is 1. The zero-order valence-electron chi connectivity index (χ0n) is 14.4. The molecule has 138 valence electrons. The van der Waals surface area contributed by atoms with Crippen LogP contribution in [0.5, 0.6) is 0 Å². The third-order valence-electron chi connectivity index (χ3n) is 4.05. The molecule has 0 aliphatic heterocycles. The average molecular weight is 377 g/mol. The van der Waals surface area contributed by atoms with Gasteiger partial charge in [-0.3, -0.25) is 9.89 Å². The van der Waals surface area contributed by atoms with Crippen LogP contribution in [0.15, 0.2) is 55.1 Å². The second-order valence-corrected chi connectivity index (χ2v) is 5.95. The molecule has 0 aliphatic rings. The molecule has 0 atom stereocenters. The minimum Gasteiger partial charge on any atom is -0.319 e. The number of carbonyl (C=O) groups excluding carboxylic acids is 1. The maximum Gasteiger partial charge on any atom is 0.258 e. The number of halogens is 2. The number of H-pyrrole nitrogens is 1. The summed E-state index contributed by atoms with van der Waals surface area (Å²) in [5.41, 5.74) is 2.05. The van der Waals surface area contributed by atoms with Gasteiger partial charge in [0.25, 0.3) is 5.91 Å². The predicted octanol–water partition coefficient (Wildman–Crippen LogP) is 4.05. The number of hydrogen-bond donors (Lipinski definition) is 2. The van der Waals surface area contributed by atoms with Crippen molar-refractivity contribution >= 4 is 34.6 Å². The van der Waals surface area contributed by atoms with Crippen molar-refractivity contribution in [2.45, 2.75) is 0 Å². The van der Waals surface area contributed by atoms with Gasteiger partial charge in [0, 0.05) is 23.8 Å². The molecular formula is C20H13F2N5O. The van der Waals surface area contributed by atoms with Gasteiger partial charge in [-0.2, -0.15) is 5.10 Å². The van der Waals surface area contributed by atoms with Gasteiger partial charge in [-0.05, 0) is 29.8 Å². The van der Waals surface area contributed by atoms with E-state index >= 15 is 0 Å². The number of benzene rings is 2. The van der Waals surface area contributed by atoms with Crippen LogP contribution in [0.4, 0.5) is 14.5 Å². The van der Waals surface area contributed by atoms with Gasteiger partial charge in [-0.25, -0.2) is 18.7 Å². The number of fused-ring (bicyclic) bond motifs is 1. The van der Waals surface area contributed by atoms with E-state index in [1.165, 1.54) is 43.0 Å². The van der Waals surface area contributed by atoms with Crippen molar-refractivity contribution in [1.82, 2.24) is 20.2 Å². The maximum absolute atomic E-state index is 14.3. The van der Waals surface area contributed by atoms with Crippen LogP contribution in [-0.4, -0.2) is 26.1 Å². The summed E-state index contributed by atoms with van der Waals surface area (Å²) in [7, 11) is 0. The van der Waals surface area contributed by atoms with Gasteiger partial charge in [-0.15, -0.1) is 0 Å². The van der Waals surface area contributed by atoms with Gasteiger partial charge >= 0.3 is 0 Å². The molecule has 6 nitrogen and oxygen atoms in total. The summed E-state index contributed by atoms with van der Waals surface area (Å²) in [5, 5.41) is 10.1. The highest BCUT2D eigenvalue weighted by Gasteiger charge is 2.13. The minimum atomic E-state index is -0.601. The van der Waals surface area contributed by atoms with Crippen LogP contribution in [0.25, 0.3) is 23.1 Å². The van der Waals surface area contributed by atoms with Crippen molar-refractivity contribution in [2.75, 3.05) is 5.32 Å². The fourth-order valence-corrected chi connectivity index (χ4v) is 2.64. The SMILES string of the molecule is O=C(Nc1cc2c(/C=C/c3ccc(F)cc3)n[nH]c2cc1F)c1cncnc1. The van der Waals surface area contributed by atoms with Gasteiger partial charge in [0.2, 0.25) is 0 Å². The van der Waals surface area contributed by atoms with Gasteiger partial charge in [0.15, 0.2) is 0 Å². The summed E-state index contributed by atoms with van der Waals surface area (Å²) >= 11 is 0. The van der Waals surface area contributed by atoms with Gasteiger partial charge in [-0.1, -0.05) is 18.2 Å². The summed E-state index contributed by atoms with van der Waals surface area (Å²) in [5.74, 6) is -1.44. The molecule has 0 saturated heterocycles. The zero-order valence-corrected chi connectivity index (χ0v) is 14.4. The Labute approximate surface area is 158 Å². The smallest absolute Gasteiger partial charge is 0.258 e. The van der Waals surface area contributed by atoms with E-state index < -0.39 is 11.7 Å². The quantitative estimate of drug-likeness (QED) is 0.562. The van der Waals surface area contributed by atoms with Gasteiger partial charge in [0.05, 0.1) is 22.5 Å². The van der Waals surface area contributed by atoms with Crippen molar-refractivity contribution in [1.29, 1.82) is 0 Å². The van der Waals surface area contributed by atoms with Crippen LogP contribution >= 0.6 is 0 Å². The second-order valence-electron chi connectivity index (χ2n) is 5.95. The van der Waals surface area contributed by atoms with Gasteiger partial charge < -0.3 is 5.32 Å². The largest absolute Gasteiger partial charge is 0.319 e. The number of nitrogens with one attached hydrogen (secondary N) is 2. The number of aromatic nitrogens is 4. The van der Waals surface area contributed by atoms with Crippen LogP contribution < -0.4 is 5.32 Å². The molecule has 0 saturated carbocycles. The van der Waals surface area contributed by atoms with E-state index in [0.717, 1.165) is 5.56 Å². The molecule has 28 heavy (non-hydrogen) atoms. The lowest BCUT2D eigenvalue weighted by molar-refractivity contribution is 0.102. The molecule has 0 radical (unpaired) electrons. The topological polar surface area (TPSA) is 83.6 Å². The fraction of sp³-hybridized carbons (Fsp3) is 0. The van der Waals surface area contributed by atoms with Crippen molar-refractivity contribution in [3.05, 3.63) is 83.6 Å². The molecule has 8 heteroatoms. The highest BCUT2D eigenvalue weighted by Crippen LogP contribution is 2.25. The maximum atomic E-state index is 14.3. The summed E-state index contributed by atoms with van der Waals surface area (Å²) in [6, 6.07) is 8.74. The lowest BCUT2D eigenvalue weighted by Gasteiger charge is -2.06. The molecule has 2 aromatic heterocycles. The van der Waals surface area contributed by atoms with E-state index in [4.69, 9.17) is 0 Å².